The molecule has 0 aromatic carbocycles. The molecule has 1 unspecified atom stereocenters. The van der Waals surface area contributed by atoms with Crippen LogP contribution in [0.2, 0.25) is 0 Å². The average Bonchev–Trinajstić information content (AvgIpc) is 2.19. The first-order chi connectivity index (χ1) is 8.24. The molecule has 0 radical (unpaired) electrons. The van der Waals surface area contributed by atoms with Crippen molar-refractivity contribution in [2.75, 3.05) is 13.1 Å². The van der Waals surface area contributed by atoms with Crippen molar-refractivity contribution in [2.45, 2.75) is 52.7 Å². The zero-order valence-corrected chi connectivity index (χ0v) is 12.2. The van der Waals surface area contributed by atoms with Gasteiger partial charge in [-0.05, 0) is 33.1 Å². The summed E-state index contributed by atoms with van der Waals surface area (Å²) in [4.78, 5) is 11.5. The zero-order chi connectivity index (χ0) is 14.2. The lowest BCUT2D eigenvalue weighted by molar-refractivity contribution is 0.0521. The second kappa shape index (κ2) is 7.99. The number of hydrogen-bond donors (Lipinski definition) is 2. The van der Waals surface area contributed by atoms with Crippen molar-refractivity contribution in [3.8, 4) is 12.3 Å². The number of alkyl carbamates (subject to hydrolysis) is 1. The molecule has 2 N–H and O–H groups in total. The number of amides is 1. The first-order valence-electron chi connectivity index (χ1n) is 6.38. The zero-order valence-electron chi connectivity index (χ0n) is 12.2. The molecular weight excluding hydrogens is 228 g/mol. The number of terminal acetylenes is 1. The van der Waals surface area contributed by atoms with Crippen LogP contribution in [0.15, 0.2) is 0 Å². The third-order valence-electron chi connectivity index (χ3n) is 2.14. The molecule has 1 atom stereocenters. The molecular formula is C14H26N2O2. The smallest absolute Gasteiger partial charge is 0.407 e. The van der Waals surface area contributed by atoms with Gasteiger partial charge in [-0.3, -0.25) is 0 Å². The fraction of sp³-hybridized carbons (Fsp3) is 0.786. The van der Waals surface area contributed by atoms with Crippen LogP contribution in [0.5, 0.6) is 0 Å². The van der Waals surface area contributed by atoms with E-state index in [1.54, 1.807) is 0 Å². The van der Waals surface area contributed by atoms with Crippen LogP contribution in [-0.2, 0) is 4.74 Å². The molecule has 0 aliphatic rings. The molecule has 104 valence electrons. The number of ether oxygens (including phenoxy) is 1. The Balaban J connectivity index is 4.09. The highest BCUT2D eigenvalue weighted by molar-refractivity contribution is 5.67. The van der Waals surface area contributed by atoms with Crippen molar-refractivity contribution < 1.29 is 9.53 Å². The van der Waals surface area contributed by atoms with Gasteiger partial charge in [-0.2, -0.15) is 0 Å². The molecule has 0 saturated heterocycles. The standard InChI is InChI=1S/C14H26N2O2/c1-7-8-15-12(9-11(2)3)10-16-13(17)18-14(4,5)6/h1,11-12,15H,8-10H2,2-6H3,(H,16,17). The van der Waals surface area contributed by atoms with Gasteiger partial charge < -0.3 is 15.4 Å². The molecule has 18 heavy (non-hydrogen) atoms. The largest absolute Gasteiger partial charge is 0.444 e. The van der Waals surface area contributed by atoms with E-state index in [0.717, 1.165) is 6.42 Å². The number of hydrogen-bond acceptors (Lipinski definition) is 3. The lowest BCUT2D eigenvalue weighted by atomic mass is 10.0. The number of carbonyl (C=O) groups is 1. The molecule has 0 heterocycles. The van der Waals surface area contributed by atoms with E-state index in [9.17, 15) is 4.79 Å². The maximum absolute atomic E-state index is 11.5. The Morgan fingerprint density at radius 3 is 2.44 bits per heavy atom. The quantitative estimate of drug-likeness (QED) is 0.714. The molecule has 0 bridgehead atoms. The average molecular weight is 254 g/mol. The van der Waals surface area contributed by atoms with E-state index in [4.69, 9.17) is 11.2 Å². The maximum atomic E-state index is 11.5. The van der Waals surface area contributed by atoms with E-state index in [1.165, 1.54) is 0 Å². The predicted molar refractivity (Wildman–Crippen MR) is 74.3 cm³/mol. The minimum atomic E-state index is -0.468. The first-order valence-corrected chi connectivity index (χ1v) is 6.38. The second-order valence-corrected chi connectivity index (χ2v) is 5.79. The van der Waals surface area contributed by atoms with E-state index in [1.807, 2.05) is 20.8 Å². The van der Waals surface area contributed by atoms with E-state index in [0.29, 0.717) is 19.0 Å². The molecule has 0 aliphatic carbocycles. The summed E-state index contributed by atoms with van der Waals surface area (Å²) in [6.07, 6.45) is 5.79. The van der Waals surface area contributed by atoms with Crippen molar-refractivity contribution in [2.24, 2.45) is 5.92 Å². The summed E-state index contributed by atoms with van der Waals surface area (Å²) in [6.45, 7) is 10.8. The third kappa shape index (κ3) is 9.98. The van der Waals surface area contributed by atoms with Gasteiger partial charge in [-0.25, -0.2) is 4.79 Å². The van der Waals surface area contributed by atoms with Gasteiger partial charge >= 0.3 is 6.09 Å². The van der Waals surface area contributed by atoms with Crippen LogP contribution < -0.4 is 10.6 Å². The fourth-order valence-corrected chi connectivity index (χ4v) is 1.53. The minimum absolute atomic E-state index is 0.175. The number of rotatable bonds is 6. The van der Waals surface area contributed by atoms with Crippen molar-refractivity contribution >= 4 is 6.09 Å². The lowest BCUT2D eigenvalue weighted by Crippen LogP contribution is -2.43. The van der Waals surface area contributed by atoms with Crippen LogP contribution in [0, 0.1) is 18.3 Å². The summed E-state index contributed by atoms with van der Waals surface area (Å²) < 4.78 is 5.18. The summed E-state index contributed by atoms with van der Waals surface area (Å²) in [7, 11) is 0. The van der Waals surface area contributed by atoms with Gasteiger partial charge in [-0.1, -0.05) is 19.8 Å². The van der Waals surface area contributed by atoms with Gasteiger partial charge in [0.2, 0.25) is 0 Å². The molecule has 1 amide bonds. The van der Waals surface area contributed by atoms with Crippen LogP contribution in [-0.4, -0.2) is 30.8 Å². The topological polar surface area (TPSA) is 50.4 Å². The van der Waals surface area contributed by atoms with Gasteiger partial charge in [-0.15, -0.1) is 6.42 Å². The van der Waals surface area contributed by atoms with Crippen molar-refractivity contribution in [3.05, 3.63) is 0 Å². The Labute approximate surface area is 111 Å². The van der Waals surface area contributed by atoms with Crippen LogP contribution in [0.3, 0.4) is 0 Å². The van der Waals surface area contributed by atoms with Crippen LogP contribution >= 0.6 is 0 Å². The van der Waals surface area contributed by atoms with Crippen LogP contribution in [0.4, 0.5) is 4.79 Å². The third-order valence-corrected chi connectivity index (χ3v) is 2.14. The highest BCUT2D eigenvalue weighted by atomic mass is 16.6. The summed E-state index contributed by atoms with van der Waals surface area (Å²) >= 11 is 0. The van der Waals surface area contributed by atoms with Gasteiger partial charge in [0.1, 0.15) is 5.60 Å². The molecule has 0 spiro atoms. The van der Waals surface area contributed by atoms with Gasteiger partial charge in [0.25, 0.3) is 0 Å². The van der Waals surface area contributed by atoms with Crippen molar-refractivity contribution in [1.82, 2.24) is 10.6 Å². The Hall–Kier alpha value is -1.21. The summed E-state index contributed by atoms with van der Waals surface area (Å²) in [6, 6.07) is 0.175. The molecule has 0 aromatic rings. The molecule has 0 rings (SSSR count). The summed E-state index contributed by atoms with van der Waals surface area (Å²) in [5, 5.41) is 5.97. The molecule has 4 heteroatoms. The highest BCUT2D eigenvalue weighted by Crippen LogP contribution is 2.07. The molecule has 0 aromatic heterocycles. The van der Waals surface area contributed by atoms with Gasteiger partial charge in [0, 0.05) is 12.6 Å². The van der Waals surface area contributed by atoms with Crippen molar-refractivity contribution in [1.29, 1.82) is 0 Å². The summed E-state index contributed by atoms with van der Waals surface area (Å²) in [5.74, 6) is 3.08. The Morgan fingerprint density at radius 2 is 2.00 bits per heavy atom. The van der Waals surface area contributed by atoms with Crippen LogP contribution in [0.1, 0.15) is 41.0 Å². The van der Waals surface area contributed by atoms with Gasteiger partial charge in [0.05, 0.1) is 6.54 Å². The van der Waals surface area contributed by atoms with Crippen LogP contribution in [0.25, 0.3) is 0 Å². The fourth-order valence-electron chi connectivity index (χ4n) is 1.53. The van der Waals surface area contributed by atoms with E-state index in [-0.39, 0.29) is 6.04 Å². The minimum Gasteiger partial charge on any atom is -0.444 e. The van der Waals surface area contributed by atoms with Crippen molar-refractivity contribution in [3.63, 3.8) is 0 Å². The van der Waals surface area contributed by atoms with E-state index < -0.39 is 11.7 Å². The molecule has 4 nitrogen and oxygen atoms in total. The second-order valence-electron chi connectivity index (χ2n) is 5.79. The molecule has 0 saturated carbocycles. The molecule has 0 fully saturated rings. The predicted octanol–water partition coefficient (Wildman–Crippen LogP) is 2.15. The Kier molecular flexibility index (Phi) is 7.45. The monoisotopic (exact) mass is 254 g/mol. The normalized spacial score (nSPS) is 12.9. The Morgan fingerprint density at radius 1 is 1.39 bits per heavy atom. The number of carbonyl (C=O) groups excluding carboxylic acids is 1. The molecule has 0 aliphatic heterocycles. The van der Waals surface area contributed by atoms with Gasteiger partial charge in [0.15, 0.2) is 0 Å². The summed E-state index contributed by atoms with van der Waals surface area (Å²) in [5.41, 5.74) is -0.468. The van der Waals surface area contributed by atoms with E-state index >= 15 is 0 Å². The SMILES string of the molecule is C#CCNC(CNC(=O)OC(C)(C)C)CC(C)C. The van der Waals surface area contributed by atoms with E-state index in [2.05, 4.69) is 30.4 Å². The first kappa shape index (κ1) is 16.8. The maximum Gasteiger partial charge on any atom is 0.407 e. The number of nitrogens with one attached hydrogen (secondary N) is 2. The lowest BCUT2D eigenvalue weighted by Gasteiger charge is -2.23. The Bertz CT molecular complexity index is 287. The highest BCUT2D eigenvalue weighted by Gasteiger charge is 2.17.